The number of urea groups is 1. The molecule has 92 valence electrons. The van der Waals surface area contributed by atoms with Crippen LogP contribution in [0.5, 0.6) is 0 Å². The van der Waals surface area contributed by atoms with Crippen molar-refractivity contribution in [3.8, 4) is 0 Å². The van der Waals surface area contributed by atoms with Gasteiger partial charge in [-0.05, 0) is 13.8 Å². The van der Waals surface area contributed by atoms with E-state index in [0.29, 0.717) is 0 Å². The van der Waals surface area contributed by atoms with Crippen LogP contribution in [0, 0.1) is 5.41 Å². The van der Waals surface area contributed by atoms with Crippen molar-refractivity contribution in [3.63, 3.8) is 0 Å². The maximum atomic E-state index is 11.6. The number of rotatable bonds is 5. The van der Waals surface area contributed by atoms with Crippen LogP contribution in [-0.2, 0) is 4.79 Å². The molecule has 0 aliphatic carbocycles. The molecule has 8 heteroatoms. The van der Waals surface area contributed by atoms with Gasteiger partial charge < -0.3 is 27.3 Å². The Morgan fingerprint density at radius 2 is 1.75 bits per heavy atom. The number of hydrogen-bond acceptors (Lipinski definition) is 4. The van der Waals surface area contributed by atoms with Crippen LogP contribution in [-0.4, -0.2) is 36.1 Å². The van der Waals surface area contributed by atoms with E-state index in [1.54, 1.807) is 0 Å². The van der Waals surface area contributed by atoms with Crippen LogP contribution in [0.2, 0.25) is 0 Å². The first-order valence-electron chi connectivity index (χ1n) is 4.62. The molecule has 16 heavy (non-hydrogen) atoms. The third kappa shape index (κ3) is 4.03. The zero-order chi connectivity index (χ0) is 12.8. The molecule has 0 spiro atoms. The first-order chi connectivity index (χ1) is 7.32. The predicted octanol–water partition coefficient (Wildman–Crippen LogP) is -1.46. The van der Waals surface area contributed by atoms with E-state index in [-0.39, 0.29) is 18.9 Å². The van der Waals surface area contributed by atoms with E-state index in [2.05, 4.69) is 15.8 Å². The van der Waals surface area contributed by atoms with Crippen LogP contribution in [0.25, 0.3) is 0 Å². The first kappa shape index (κ1) is 14.0. The van der Waals surface area contributed by atoms with E-state index >= 15 is 0 Å². The number of hydrogen-bond donors (Lipinski definition) is 5. The molecule has 7 N–H and O–H groups in total. The SMILES string of the molecule is CC(C)(C(=O)NCCNC(N)=O)C(N)=NO. The summed E-state index contributed by atoms with van der Waals surface area (Å²) in [4.78, 5) is 21.9. The summed E-state index contributed by atoms with van der Waals surface area (Å²) in [5, 5.41) is 16.1. The summed E-state index contributed by atoms with van der Waals surface area (Å²) >= 11 is 0. The Morgan fingerprint density at radius 3 is 2.19 bits per heavy atom. The molecular weight excluding hydrogens is 214 g/mol. The molecule has 0 rings (SSSR count). The number of nitrogens with one attached hydrogen (secondary N) is 2. The monoisotopic (exact) mass is 231 g/mol. The van der Waals surface area contributed by atoms with Gasteiger partial charge in [0.1, 0.15) is 5.41 Å². The van der Waals surface area contributed by atoms with Gasteiger partial charge in [-0.25, -0.2) is 4.79 Å². The fourth-order valence-electron chi connectivity index (χ4n) is 0.824. The molecule has 0 bridgehead atoms. The second-order valence-electron chi connectivity index (χ2n) is 3.66. The second-order valence-corrected chi connectivity index (χ2v) is 3.66. The van der Waals surface area contributed by atoms with E-state index in [1.807, 2.05) is 0 Å². The molecule has 3 amide bonds. The average molecular weight is 231 g/mol. The molecule has 0 aliphatic rings. The van der Waals surface area contributed by atoms with Crippen LogP contribution in [0.15, 0.2) is 5.16 Å². The summed E-state index contributed by atoms with van der Waals surface area (Å²) in [6.07, 6.45) is 0. The molecule has 0 unspecified atom stereocenters. The Labute approximate surface area is 93.0 Å². The Morgan fingerprint density at radius 1 is 1.25 bits per heavy atom. The fraction of sp³-hybridized carbons (Fsp3) is 0.625. The number of amidine groups is 1. The van der Waals surface area contributed by atoms with Crippen molar-refractivity contribution in [2.45, 2.75) is 13.8 Å². The Hall–Kier alpha value is -1.99. The van der Waals surface area contributed by atoms with Gasteiger partial charge in [-0.15, -0.1) is 0 Å². The zero-order valence-electron chi connectivity index (χ0n) is 9.28. The lowest BCUT2D eigenvalue weighted by atomic mass is 9.91. The molecule has 0 saturated heterocycles. The zero-order valence-corrected chi connectivity index (χ0v) is 9.28. The highest BCUT2D eigenvalue weighted by atomic mass is 16.4. The fourth-order valence-corrected chi connectivity index (χ4v) is 0.824. The Balaban J connectivity index is 4.11. The minimum absolute atomic E-state index is 0.187. The smallest absolute Gasteiger partial charge is 0.312 e. The number of carbonyl (C=O) groups is 2. The lowest BCUT2D eigenvalue weighted by Gasteiger charge is -2.21. The van der Waals surface area contributed by atoms with Crippen LogP contribution < -0.4 is 22.1 Å². The third-order valence-electron chi connectivity index (χ3n) is 2.03. The largest absolute Gasteiger partial charge is 0.409 e. The van der Waals surface area contributed by atoms with E-state index in [1.165, 1.54) is 13.8 Å². The minimum Gasteiger partial charge on any atom is -0.409 e. The van der Waals surface area contributed by atoms with Crippen LogP contribution in [0.4, 0.5) is 4.79 Å². The van der Waals surface area contributed by atoms with Crippen molar-refractivity contribution in [2.75, 3.05) is 13.1 Å². The topological polar surface area (TPSA) is 143 Å². The molecule has 0 aromatic carbocycles. The van der Waals surface area contributed by atoms with Crippen molar-refractivity contribution < 1.29 is 14.8 Å². The number of nitrogens with zero attached hydrogens (tertiary/aromatic N) is 1. The Bertz CT molecular complexity index is 300. The normalized spacial score (nSPS) is 12.0. The standard InChI is InChI=1S/C8H17N5O3/c1-8(2,5(9)13-16)6(14)11-3-4-12-7(10)15/h16H,3-4H2,1-2H3,(H2,9,13)(H,11,14)(H3,10,12,15). The third-order valence-corrected chi connectivity index (χ3v) is 2.03. The van der Waals surface area contributed by atoms with Gasteiger partial charge in [0.05, 0.1) is 0 Å². The summed E-state index contributed by atoms with van der Waals surface area (Å²) < 4.78 is 0. The lowest BCUT2D eigenvalue weighted by molar-refractivity contribution is -0.126. The molecule has 0 radical (unpaired) electrons. The molecule has 0 aromatic rings. The van der Waals surface area contributed by atoms with Crippen molar-refractivity contribution in [2.24, 2.45) is 22.0 Å². The summed E-state index contributed by atoms with van der Waals surface area (Å²) in [6.45, 7) is 3.45. The molecule has 0 heterocycles. The van der Waals surface area contributed by atoms with Gasteiger partial charge in [-0.3, -0.25) is 4.79 Å². The average Bonchev–Trinajstić information content (AvgIpc) is 2.22. The minimum atomic E-state index is -1.11. The van der Waals surface area contributed by atoms with E-state index in [4.69, 9.17) is 16.7 Å². The van der Waals surface area contributed by atoms with Gasteiger partial charge in [-0.2, -0.15) is 0 Å². The van der Waals surface area contributed by atoms with E-state index in [0.717, 1.165) is 0 Å². The number of oxime groups is 1. The van der Waals surface area contributed by atoms with Crippen molar-refractivity contribution in [3.05, 3.63) is 0 Å². The molecule has 0 aromatic heterocycles. The molecule has 0 saturated carbocycles. The van der Waals surface area contributed by atoms with Gasteiger partial charge in [0.15, 0.2) is 5.84 Å². The van der Waals surface area contributed by atoms with Crippen LogP contribution in [0.1, 0.15) is 13.8 Å². The van der Waals surface area contributed by atoms with Gasteiger partial charge in [0, 0.05) is 13.1 Å². The molecule has 0 aliphatic heterocycles. The van der Waals surface area contributed by atoms with Gasteiger partial charge >= 0.3 is 6.03 Å². The van der Waals surface area contributed by atoms with Crippen molar-refractivity contribution in [1.29, 1.82) is 0 Å². The molecule has 8 nitrogen and oxygen atoms in total. The first-order valence-corrected chi connectivity index (χ1v) is 4.62. The van der Waals surface area contributed by atoms with Crippen LogP contribution >= 0.6 is 0 Å². The van der Waals surface area contributed by atoms with Gasteiger partial charge in [0.2, 0.25) is 5.91 Å². The summed E-state index contributed by atoms with van der Waals surface area (Å²) in [5.74, 6) is -0.595. The Kier molecular flexibility index (Phi) is 5.07. The number of primary amides is 1. The highest BCUT2D eigenvalue weighted by Gasteiger charge is 2.32. The van der Waals surface area contributed by atoms with E-state index < -0.39 is 17.4 Å². The summed E-state index contributed by atoms with van der Waals surface area (Å²) in [6, 6.07) is -0.662. The highest BCUT2D eigenvalue weighted by Crippen LogP contribution is 2.14. The van der Waals surface area contributed by atoms with Gasteiger partial charge in [0.25, 0.3) is 0 Å². The molecule has 0 atom stereocenters. The van der Waals surface area contributed by atoms with Crippen molar-refractivity contribution in [1.82, 2.24) is 10.6 Å². The van der Waals surface area contributed by atoms with Crippen LogP contribution in [0.3, 0.4) is 0 Å². The molecule has 0 fully saturated rings. The summed E-state index contributed by atoms with van der Waals surface area (Å²) in [5.41, 5.74) is 9.07. The molecular formula is C8H17N5O3. The van der Waals surface area contributed by atoms with E-state index in [9.17, 15) is 9.59 Å². The highest BCUT2D eigenvalue weighted by molar-refractivity contribution is 6.05. The number of amides is 3. The number of nitrogens with two attached hydrogens (primary N) is 2. The lowest BCUT2D eigenvalue weighted by Crippen LogP contribution is -2.47. The second kappa shape index (κ2) is 5.79. The quantitative estimate of drug-likeness (QED) is 0.129. The summed E-state index contributed by atoms with van der Waals surface area (Å²) in [7, 11) is 0. The number of carbonyl (C=O) groups excluding carboxylic acids is 2. The maximum absolute atomic E-state index is 11.6. The van der Waals surface area contributed by atoms with Crippen molar-refractivity contribution >= 4 is 17.8 Å². The maximum Gasteiger partial charge on any atom is 0.312 e. The predicted molar refractivity (Wildman–Crippen MR) is 57.8 cm³/mol. The van der Waals surface area contributed by atoms with Gasteiger partial charge in [-0.1, -0.05) is 5.16 Å².